The van der Waals surface area contributed by atoms with E-state index in [4.69, 9.17) is 10.2 Å². The Kier molecular flexibility index (Phi) is 32.6. The number of aliphatic hydroxyl groups is 2. The van der Waals surface area contributed by atoms with Gasteiger partial charge in [-0.15, -0.1) is 0 Å². The largest absolute Gasteiger partial charge is 0.396 e. The molecule has 0 atom stereocenters. The quantitative estimate of drug-likeness (QED) is 0.181. The van der Waals surface area contributed by atoms with E-state index in [2.05, 4.69) is 133 Å². The van der Waals surface area contributed by atoms with Gasteiger partial charge >= 0.3 is 0 Å². The fraction of sp³-hybridized carbons (Fsp3) is 0.200. The van der Waals surface area contributed by atoms with Gasteiger partial charge in [-0.2, -0.15) is 0 Å². The molecule has 0 saturated carbocycles. The molecule has 0 saturated heterocycles. The Balaban J connectivity index is 0.000000358. The summed E-state index contributed by atoms with van der Waals surface area (Å²) < 4.78 is 0. The van der Waals surface area contributed by atoms with Gasteiger partial charge in [-0.05, 0) is 72.8 Å². The minimum Gasteiger partial charge on any atom is -0.396 e. The number of benzene rings is 8. The lowest BCUT2D eigenvalue weighted by Gasteiger charge is -2.14. The monoisotopic (exact) mass is 825 g/mol. The van der Waals surface area contributed by atoms with Crippen molar-refractivity contribution in [3.05, 3.63) is 287 Å². The molecule has 0 aliphatic carbocycles. The summed E-state index contributed by atoms with van der Waals surface area (Å²) in [6.45, 7) is 14.9. The molecule has 2 nitrogen and oxygen atoms in total. The van der Waals surface area contributed by atoms with Gasteiger partial charge in [-0.1, -0.05) is 282 Å². The Labute approximate surface area is 376 Å². The lowest BCUT2D eigenvalue weighted by Crippen LogP contribution is -2.03. The van der Waals surface area contributed by atoms with Crippen molar-refractivity contribution in [2.45, 2.75) is 67.2 Å². The first-order chi connectivity index (χ1) is 30.1. The molecule has 0 radical (unpaired) electrons. The Morgan fingerprint density at radius 1 is 0.242 bits per heavy atom. The minimum atomic E-state index is 0.180. The lowest BCUT2D eigenvalue weighted by molar-refractivity contribution is 0.242. The molecule has 0 aliphatic heterocycles. The number of hydrogen-bond acceptors (Lipinski definition) is 2. The molecule has 0 aliphatic rings. The third kappa shape index (κ3) is 32.5. The first kappa shape index (κ1) is 53.7. The summed E-state index contributed by atoms with van der Waals surface area (Å²) in [7, 11) is 0. The summed E-state index contributed by atoms with van der Waals surface area (Å²) in [6.07, 6.45) is 1.45. The van der Waals surface area contributed by atoms with E-state index in [9.17, 15) is 0 Å². The highest BCUT2D eigenvalue weighted by Crippen LogP contribution is 2.22. The fourth-order valence-corrected chi connectivity index (χ4v) is 5.26. The zero-order valence-corrected chi connectivity index (χ0v) is 38.4. The Morgan fingerprint density at radius 3 is 0.500 bits per heavy atom. The number of aliphatic hydroxyl groups excluding tert-OH is 2. The van der Waals surface area contributed by atoms with Crippen LogP contribution in [0.2, 0.25) is 0 Å². The Bertz CT molecular complexity index is 1700. The second-order valence-corrected chi connectivity index (χ2v) is 14.7. The highest BCUT2D eigenvalue weighted by molar-refractivity contribution is 5.20. The molecule has 324 valence electrons. The predicted octanol–water partition coefficient (Wildman–Crippen LogP) is 15.5. The van der Waals surface area contributed by atoms with Crippen LogP contribution in [0.1, 0.15) is 63.3 Å². The van der Waals surface area contributed by atoms with E-state index >= 15 is 0 Å². The van der Waals surface area contributed by atoms with Crippen LogP contribution in [0.15, 0.2) is 243 Å². The van der Waals surface area contributed by atoms with E-state index in [0.717, 1.165) is 12.8 Å². The van der Waals surface area contributed by atoms with Gasteiger partial charge < -0.3 is 10.2 Å². The minimum absolute atomic E-state index is 0.180. The van der Waals surface area contributed by atoms with Gasteiger partial charge in [0.1, 0.15) is 0 Å². The summed E-state index contributed by atoms with van der Waals surface area (Å²) >= 11 is 0. The van der Waals surface area contributed by atoms with Gasteiger partial charge in [0, 0.05) is 13.2 Å². The fourth-order valence-electron chi connectivity index (χ4n) is 5.26. The molecule has 0 heterocycles. The van der Waals surface area contributed by atoms with Crippen molar-refractivity contribution in [2.75, 3.05) is 13.2 Å². The zero-order chi connectivity index (χ0) is 45.3. The maximum Gasteiger partial charge on any atom is 0.0436 e. The predicted molar refractivity (Wildman–Crippen MR) is 271 cm³/mol. The van der Waals surface area contributed by atoms with Gasteiger partial charge in [-0.25, -0.2) is 0 Å². The highest BCUT2D eigenvalue weighted by Gasteiger charge is 2.09. The lowest BCUT2D eigenvalue weighted by atomic mass is 9.93. The molecule has 62 heavy (non-hydrogen) atoms. The smallest absolute Gasteiger partial charge is 0.0436 e. The van der Waals surface area contributed by atoms with Crippen molar-refractivity contribution in [2.24, 2.45) is 0 Å². The molecule has 2 N–H and O–H groups in total. The van der Waals surface area contributed by atoms with Crippen molar-refractivity contribution in [1.29, 1.82) is 0 Å². The van der Waals surface area contributed by atoms with Crippen molar-refractivity contribution in [3.8, 4) is 0 Å². The third-order valence-corrected chi connectivity index (χ3v) is 8.81. The van der Waals surface area contributed by atoms with Crippen molar-refractivity contribution < 1.29 is 10.2 Å². The number of hydrogen-bond donors (Lipinski definition) is 2. The summed E-state index contributed by atoms with van der Waals surface area (Å²) in [6, 6.07) is 81.8. The molecule has 2 heteroatoms. The molecule has 0 fully saturated rings. The summed E-state index contributed by atoms with van der Waals surface area (Å²) in [5, 5.41) is 17.7. The maximum atomic E-state index is 8.84. The van der Waals surface area contributed by atoms with Crippen LogP contribution in [0.3, 0.4) is 0 Å². The highest BCUT2D eigenvalue weighted by atomic mass is 16.3. The number of aryl methyl sites for hydroxylation is 7. The Morgan fingerprint density at radius 2 is 0.387 bits per heavy atom. The topological polar surface area (TPSA) is 40.5 Å². The Hall–Kier alpha value is -6.32. The third-order valence-electron chi connectivity index (χ3n) is 8.81. The van der Waals surface area contributed by atoms with Crippen LogP contribution in [0.5, 0.6) is 0 Å². The van der Waals surface area contributed by atoms with Gasteiger partial charge in [0.05, 0.1) is 0 Å². The standard InChI is InChI=1S/C11H16O2.7C7H8/c12-8-6-11(7-9-13)10-4-2-1-3-5-10;7*1-7-5-3-2-4-6-7/h1-5,11-13H,6-9H2;7*2-6H,1H3. The maximum absolute atomic E-state index is 8.84. The second kappa shape index (κ2) is 37.7. The van der Waals surface area contributed by atoms with Crippen LogP contribution < -0.4 is 0 Å². The molecule has 8 aromatic rings. The first-order valence-electron chi connectivity index (χ1n) is 21.5. The van der Waals surface area contributed by atoms with Crippen molar-refractivity contribution in [3.63, 3.8) is 0 Å². The second-order valence-electron chi connectivity index (χ2n) is 14.7. The van der Waals surface area contributed by atoms with E-state index in [1.165, 1.54) is 44.5 Å². The molecule has 0 unspecified atom stereocenters. The number of rotatable bonds is 5. The van der Waals surface area contributed by atoms with Crippen LogP contribution >= 0.6 is 0 Å². The van der Waals surface area contributed by atoms with Crippen LogP contribution in [0.25, 0.3) is 0 Å². The first-order valence-corrected chi connectivity index (χ1v) is 21.5. The molecular weight excluding hydrogens is 753 g/mol. The average molecular weight is 825 g/mol. The van der Waals surface area contributed by atoms with E-state index in [1.807, 2.05) is 158 Å². The summed E-state index contributed by atoms with van der Waals surface area (Å²) in [4.78, 5) is 0. The van der Waals surface area contributed by atoms with E-state index < -0.39 is 0 Å². The van der Waals surface area contributed by atoms with E-state index in [1.54, 1.807) is 0 Å². The molecule has 0 aromatic heterocycles. The normalized spacial score (nSPS) is 9.13. The average Bonchev–Trinajstić information content (AvgIpc) is 3.30. The van der Waals surface area contributed by atoms with Gasteiger partial charge in [0.15, 0.2) is 0 Å². The molecule has 0 spiro atoms. The van der Waals surface area contributed by atoms with Crippen LogP contribution in [-0.4, -0.2) is 23.4 Å². The summed E-state index contributed by atoms with van der Waals surface area (Å²) in [5.74, 6) is 0.288. The SMILES string of the molecule is Cc1ccccc1.Cc1ccccc1.Cc1ccccc1.Cc1ccccc1.Cc1ccccc1.Cc1ccccc1.Cc1ccccc1.OCCC(CCO)c1ccccc1. The van der Waals surface area contributed by atoms with Crippen molar-refractivity contribution in [1.82, 2.24) is 0 Å². The van der Waals surface area contributed by atoms with Gasteiger partial charge in [-0.3, -0.25) is 0 Å². The van der Waals surface area contributed by atoms with Crippen LogP contribution in [0.4, 0.5) is 0 Å². The van der Waals surface area contributed by atoms with E-state index in [-0.39, 0.29) is 19.1 Å². The molecule has 8 rings (SSSR count). The van der Waals surface area contributed by atoms with Gasteiger partial charge in [0.25, 0.3) is 0 Å². The molecular formula is C60H72O2. The van der Waals surface area contributed by atoms with Crippen LogP contribution in [-0.2, 0) is 0 Å². The van der Waals surface area contributed by atoms with E-state index in [0.29, 0.717) is 0 Å². The summed E-state index contributed by atoms with van der Waals surface area (Å²) in [5.41, 5.74) is 10.5. The zero-order valence-electron chi connectivity index (χ0n) is 38.4. The molecule has 8 aromatic carbocycles. The molecule has 0 bridgehead atoms. The van der Waals surface area contributed by atoms with Gasteiger partial charge in [0.2, 0.25) is 0 Å². The molecule has 0 amide bonds. The van der Waals surface area contributed by atoms with Crippen molar-refractivity contribution >= 4 is 0 Å². The van der Waals surface area contributed by atoms with Crippen LogP contribution in [0, 0.1) is 48.5 Å².